The lowest BCUT2D eigenvalue weighted by atomic mass is 9.76. The lowest BCUT2D eigenvalue weighted by Crippen LogP contribution is -2.32. The number of carbonyl (C=O) groups is 4. The van der Waals surface area contributed by atoms with Crippen LogP contribution in [0.15, 0.2) is 23.1 Å². The Morgan fingerprint density at radius 1 is 1.00 bits per heavy atom. The van der Waals surface area contributed by atoms with Crippen LogP contribution in [-0.4, -0.2) is 65.7 Å². The minimum atomic E-state index is -4.62. The van der Waals surface area contributed by atoms with Gasteiger partial charge in [-0.2, -0.15) is 4.58 Å². The number of methoxy groups -OCH3 is 1. The van der Waals surface area contributed by atoms with Crippen molar-refractivity contribution in [1.29, 1.82) is 0 Å². The number of esters is 1. The van der Waals surface area contributed by atoms with E-state index in [2.05, 4.69) is 9.31 Å². The van der Waals surface area contributed by atoms with Gasteiger partial charge in [0.1, 0.15) is 16.7 Å². The summed E-state index contributed by atoms with van der Waals surface area (Å²) in [6.45, 7) is 4.67. The van der Waals surface area contributed by atoms with Crippen molar-refractivity contribution in [2.45, 2.75) is 94.8 Å². The molecule has 0 aliphatic carbocycles. The van der Waals surface area contributed by atoms with Gasteiger partial charge < -0.3 is 14.1 Å². The highest BCUT2D eigenvalue weighted by Crippen LogP contribution is 2.44. The number of hydrogen-bond donors (Lipinski definition) is 0. The van der Waals surface area contributed by atoms with Gasteiger partial charge in [-0.25, -0.2) is 13.2 Å². The number of hydroxylamine groups is 2. The SMILES string of the molecule is COC(=O)CCCCCC1(C)C(C)=[N+](CCCCCC(=O)ON2C(=O)CCC2=O)c2ccc(S(=O)(=O)[O-])cc21. The van der Waals surface area contributed by atoms with Gasteiger partial charge in [-0.3, -0.25) is 14.4 Å². The highest BCUT2D eigenvalue weighted by molar-refractivity contribution is 7.85. The zero-order valence-electron chi connectivity index (χ0n) is 22.7. The van der Waals surface area contributed by atoms with Crippen molar-refractivity contribution in [3.05, 3.63) is 23.8 Å². The summed E-state index contributed by atoms with van der Waals surface area (Å²) in [6, 6.07) is 4.49. The molecule has 0 saturated carbocycles. The van der Waals surface area contributed by atoms with E-state index in [0.29, 0.717) is 43.7 Å². The predicted octanol–water partition coefficient (Wildman–Crippen LogP) is 3.26. The molecule has 2 amide bonds. The molecule has 214 valence electrons. The molecule has 0 radical (unpaired) electrons. The van der Waals surface area contributed by atoms with E-state index < -0.39 is 33.3 Å². The minimum Gasteiger partial charge on any atom is -0.744 e. The predicted molar refractivity (Wildman–Crippen MR) is 138 cm³/mol. The summed E-state index contributed by atoms with van der Waals surface area (Å²) >= 11 is 0. The molecule has 1 unspecified atom stereocenters. The van der Waals surface area contributed by atoms with E-state index in [1.165, 1.54) is 19.2 Å². The third-order valence-corrected chi connectivity index (χ3v) is 8.42. The number of carbonyl (C=O) groups excluding carboxylic acids is 4. The monoisotopic (exact) mass is 564 g/mol. The summed E-state index contributed by atoms with van der Waals surface area (Å²) in [7, 11) is -3.26. The van der Waals surface area contributed by atoms with E-state index in [1.54, 1.807) is 6.07 Å². The summed E-state index contributed by atoms with van der Waals surface area (Å²) in [5.74, 6) is -1.89. The van der Waals surface area contributed by atoms with Gasteiger partial charge in [0.15, 0.2) is 5.71 Å². The molecule has 0 spiro atoms. The van der Waals surface area contributed by atoms with Crippen LogP contribution < -0.4 is 0 Å². The first kappa shape index (κ1) is 30.4. The maximum Gasteiger partial charge on any atom is 0.333 e. The second-order valence-electron chi connectivity index (χ2n) is 10.2. The lowest BCUT2D eigenvalue weighted by Gasteiger charge is -2.23. The van der Waals surface area contributed by atoms with Crippen molar-refractivity contribution in [3.8, 4) is 0 Å². The zero-order chi connectivity index (χ0) is 28.8. The fraction of sp³-hybridized carbons (Fsp3) is 0.593. The number of amides is 2. The molecule has 1 saturated heterocycles. The van der Waals surface area contributed by atoms with Crippen molar-refractivity contribution in [2.24, 2.45) is 0 Å². The topological polar surface area (TPSA) is 150 Å². The van der Waals surface area contributed by atoms with Gasteiger partial charge in [0.25, 0.3) is 11.8 Å². The van der Waals surface area contributed by atoms with E-state index in [9.17, 15) is 32.1 Å². The van der Waals surface area contributed by atoms with Gasteiger partial charge in [0.2, 0.25) is 5.69 Å². The number of benzene rings is 1. The Hall–Kier alpha value is -3.12. The summed E-state index contributed by atoms with van der Waals surface area (Å²) in [5.41, 5.74) is 2.19. The first-order valence-electron chi connectivity index (χ1n) is 13.2. The van der Waals surface area contributed by atoms with Crippen LogP contribution in [0.25, 0.3) is 0 Å². The summed E-state index contributed by atoms with van der Waals surface area (Å²) < 4.78 is 42.1. The molecule has 2 heterocycles. The highest BCUT2D eigenvalue weighted by atomic mass is 32.2. The zero-order valence-corrected chi connectivity index (χ0v) is 23.5. The lowest BCUT2D eigenvalue weighted by molar-refractivity contribution is -0.439. The summed E-state index contributed by atoms with van der Waals surface area (Å²) in [4.78, 5) is 51.3. The minimum absolute atomic E-state index is 0.0495. The van der Waals surface area contributed by atoms with E-state index in [4.69, 9.17) is 4.84 Å². The van der Waals surface area contributed by atoms with Crippen molar-refractivity contribution >= 4 is 45.3 Å². The fourth-order valence-electron chi connectivity index (χ4n) is 5.17. The van der Waals surface area contributed by atoms with Gasteiger partial charge in [-0.1, -0.05) is 12.8 Å². The maximum absolute atomic E-state index is 12.0. The number of imide groups is 1. The van der Waals surface area contributed by atoms with E-state index in [0.717, 1.165) is 36.2 Å². The van der Waals surface area contributed by atoms with Crippen LogP contribution in [0.3, 0.4) is 0 Å². The molecule has 0 aromatic heterocycles. The Bertz CT molecular complexity index is 1260. The van der Waals surface area contributed by atoms with Crippen LogP contribution in [-0.2, 0) is 44.3 Å². The largest absolute Gasteiger partial charge is 0.744 e. The van der Waals surface area contributed by atoms with Crippen LogP contribution in [0.5, 0.6) is 0 Å². The molecule has 12 heteroatoms. The van der Waals surface area contributed by atoms with Crippen molar-refractivity contribution in [1.82, 2.24) is 5.06 Å². The van der Waals surface area contributed by atoms with Gasteiger partial charge in [0, 0.05) is 50.7 Å². The third-order valence-electron chi connectivity index (χ3n) is 7.59. The molecule has 0 bridgehead atoms. The first-order valence-corrected chi connectivity index (χ1v) is 14.6. The molecule has 2 aliphatic rings. The van der Waals surface area contributed by atoms with Crippen LogP contribution in [0.4, 0.5) is 5.69 Å². The molecule has 2 aliphatic heterocycles. The van der Waals surface area contributed by atoms with Crippen LogP contribution in [0.2, 0.25) is 0 Å². The second kappa shape index (κ2) is 12.8. The van der Waals surface area contributed by atoms with Gasteiger partial charge in [-0.05, 0) is 44.7 Å². The Morgan fingerprint density at radius 2 is 1.62 bits per heavy atom. The van der Waals surface area contributed by atoms with E-state index >= 15 is 0 Å². The number of rotatable bonds is 14. The standard InChI is InChI=1S/C27H36N2O9S/c1-19-27(2,16-8-4-6-10-25(32)37-3)21-18-20(39(34,35)36)12-13-22(21)28(19)17-9-5-7-11-26(33)38-29-23(30)14-15-24(29)31/h12-13,18H,4-11,14-17H2,1-3H3. The van der Waals surface area contributed by atoms with Crippen molar-refractivity contribution in [3.63, 3.8) is 0 Å². The Balaban J connectivity index is 1.63. The van der Waals surface area contributed by atoms with Gasteiger partial charge in [0.05, 0.1) is 17.4 Å². The third kappa shape index (κ3) is 7.30. The number of ether oxygens (including phenoxy) is 1. The smallest absolute Gasteiger partial charge is 0.333 e. The summed E-state index contributed by atoms with van der Waals surface area (Å²) in [6.07, 6.45) is 5.45. The summed E-state index contributed by atoms with van der Waals surface area (Å²) in [5, 5.41) is 0.550. The first-order chi connectivity index (χ1) is 18.4. The Labute approximate surface area is 228 Å². The molecule has 1 aromatic rings. The quantitative estimate of drug-likeness (QED) is 0.109. The van der Waals surface area contributed by atoms with Crippen molar-refractivity contribution in [2.75, 3.05) is 13.7 Å². The fourth-order valence-corrected chi connectivity index (χ4v) is 5.67. The molecule has 1 fully saturated rings. The molecule has 3 rings (SSSR count). The number of fused-ring (bicyclic) bond motifs is 1. The van der Waals surface area contributed by atoms with Gasteiger partial charge >= 0.3 is 11.9 Å². The van der Waals surface area contributed by atoms with E-state index in [-0.39, 0.29) is 30.1 Å². The Morgan fingerprint density at radius 3 is 2.23 bits per heavy atom. The molecule has 1 atom stereocenters. The molecule has 39 heavy (non-hydrogen) atoms. The average Bonchev–Trinajstić information content (AvgIpc) is 3.31. The van der Waals surface area contributed by atoms with Gasteiger partial charge in [-0.15, -0.1) is 5.06 Å². The molecule has 1 aromatic carbocycles. The number of hydrogen-bond acceptors (Lipinski definition) is 9. The Kier molecular flexibility index (Phi) is 10.0. The molecular formula is C27H36N2O9S. The van der Waals surface area contributed by atoms with Crippen LogP contribution >= 0.6 is 0 Å². The number of nitrogens with zero attached hydrogens (tertiary/aromatic N) is 2. The van der Waals surface area contributed by atoms with Crippen molar-refractivity contribution < 1.29 is 46.3 Å². The molecule has 0 N–H and O–H groups in total. The highest BCUT2D eigenvalue weighted by Gasteiger charge is 2.46. The number of unbranched alkanes of at least 4 members (excludes halogenated alkanes) is 4. The van der Waals surface area contributed by atoms with Crippen LogP contribution in [0, 0.1) is 0 Å². The maximum atomic E-state index is 12.0. The molecular weight excluding hydrogens is 528 g/mol. The molecule has 11 nitrogen and oxygen atoms in total. The van der Waals surface area contributed by atoms with Crippen LogP contribution in [0.1, 0.15) is 90.0 Å². The van der Waals surface area contributed by atoms with E-state index in [1.807, 2.05) is 13.8 Å². The average molecular weight is 565 g/mol. The second-order valence-corrected chi connectivity index (χ2v) is 11.6. The normalized spacial score (nSPS) is 19.0.